The van der Waals surface area contributed by atoms with Crippen LogP contribution < -0.4 is 5.73 Å². The quantitative estimate of drug-likeness (QED) is 0.840. The largest absolute Gasteiger partial charge is 0.395 e. The number of nitrogen functional groups attached to an aromatic ring is 1. The van der Waals surface area contributed by atoms with Crippen LogP contribution in [0.25, 0.3) is 0 Å². The van der Waals surface area contributed by atoms with E-state index in [2.05, 4.69) is 32.8 Å². The van der Waals surface area contributed by atoms with Crippen LogP contribution in [0, 0.1) is 12.8 Å². The minimum absolute atomic E-state index is 0.0114. The predicted molar refractivity (Wildman–Crippen MR) is 87.3 cm³/mol. The van der Waals surface area contributed by atoms with Gasteiger partial charge >= 0.3 is 0 Å². The number of hydrogen-bond donors (Lipinski definition) is 1. The number of aryl methyl sites for hydroxylation is 2. The molecule has 1 amide bonds. The minimum Gasteiger partial charge on any atom is -0.395 e. The van der Waals surface area contributed by atoms with Gasteiger partial charge in [0.2, 0.25) is 0 Å². The van der Waals surface area contributed by atoms with E-state index in [0.717, 1.165) is 25.1 Å². The summed E-state index contributed by atoms with van der Waals surface area (Å²) >= 11 is 0. The Morgan fingerprint density at radius 2 is 1.86 bits per heavy atom. The minimum atomic E-state index is 0.0114. The van der Waals surface area contributed by atoms with Crippen LogP contribution in [-0.2, 0) is 6.54 Å². The Kier molecular flexibility index (Phi) is 6.24. The van der Waals surface area contributed by atoms with Crippen molar-refractivity contribution >= 4 is 11.6 Å². The molecule has 2 N–H and O–H groups in total. The van der Waals surface area contributed by atoms with Gasteiger partial charge in [-0.15, -0.1) is 0 Å². The Labute approximate surface area is 128 Å². The summed E-state index contributed by atoms with van der Waals surface area (Å²) in [6, 6.07) is 0.250. The molecule has 21 heavy (non-hydrogen) atoms. The van der Waals surface area contributed by atoms with Crippen LogP contribution in [0.4, 0.5) is 5.69 Å². The summed E-state index contributed by atoms with van der Waals surface area (Å²) in [5.41, 5.74) is 7.89. The first-order valence-corrected chi connectivity index (χ1v) is 8.01. The van der Waals surface area contributed by atoms with Gasteiger partial charge in [0.15, 0.2) is 0 Å². The smallest absolute Gasteiger partial charge is 0.274 e. The molecule has 0 bridgehead atoms. The third-order valence-electron chi connectivity index (χ3n) is 3.88. The van der Waals surface area contributed by atoms with E-state index in [-0.39, 0.29) is 11.9 Å². The zero-order chi connectivity index (χ0) is 16.2. The van der Waals surface area contributed by atoms with E-state index in [1.807, 2.05) is 18.7 Å². The molecule has 1 rings (SSSR count). The van der Waals surface area contributed by atoms with Gasteiger partial charge in [-0.1, -0.05) is 27.7 Å². The molecular formula is C16H30N4O. The fourth-order valence-corrected chi connectivity index (χ4v) is 2.71. The van der Waals surface area contributed by atoms with Gasteiger partial charge in [-0.25, -0.2) is 0 Å². The zero-order valence-electron chi connectivity index (χ0n) is 14.3. The Balaban J connectivity index is 3.22. The number of hydrogen-bond acceptors (Lipinski definition) is 3. The Bertz CT molecular complexity index is 475. The number of amides is 1. The number of rotatable bonds is 7. The lowest BCUT2D eigenvalue weighted by molar-refractivity contribution is 0.0628. The fourth-order valence-electron chi connectivity index (χ4n) is 2.71. The van der Waals surface area contributed by atoms with Gasteiger partial charge in [0.1, 0.15) is 5.69 Å². The molecule has 0 unspecified atom stereocenters. The average Bonchev–Trinajstić information content (AvgIpc) is 2.73. The van der Waals surface area contributed by atoms with Gasteiger partial charge in [0.05, 0.1) is 11.4 Å². The molecule has 0 saturated heterocycles. The second-order valence-electron chi connectivity index (χ2n) is 5.99. The van der Waals surface area contributed by atoms with Crippen molar-refractivity contribution in [1.29, 1.82) is 0 Å². The molecule has 0 fully saturated rings. The molecule has 1 aromatic heterocycles. The summed E-state index contributed by atoms with van der Waals surface area (Å²) in [7, 11) is 0. The third kappa shape index (κ3) is 3.77. The molecular weight excluding hydrogens is 264 g/mol. The maximum absolute atomic E-state index is 13.0. The summed E-state index contributed by atoms with van der Waals surface area (Å²) in [6.45, 7) is 13.7. The molecule has 0 aliphatic rings. The van der Waals surface area contributed by atoms with E-state index in [0.29, 0.717) is 23.8 Å². The van der Waals surface area contributed by atoms with E-state index in [1.165, 1.54) is 0 Å². The van der Waals surface area contributed by atoms with E-state index in [9.17, 15) is 4.79 Å². The zero-order valence-corrected chi connectivity index (χ0v) is 14.3. The monoisotopic (exact) mass is 294 g/mol. The van der Waals surface area contributed by atoms with Gasteiger partial charge < -0.3 is 10.6 Å². The van der Waals surface area contributed by atoms with Crippen LogP contribution in [0.5, 0.6) is 0 Å². The van der Waals surface area contributed by atoms with Crippen molar-refractivity contribution in [3.8, 4) is 0 Å². The number of aromatic nitrogens is 2. The topological polar surface area (TPSA) is 64.2 Å². The molecule has 1 aromatic rings. The van der Waals surface area contributed by atoms with E-state index >= 15 is 0 Å². The van der Waals surface area contributed by atoms with E-state index in [1.54, 1.807) is 4.68 Å². The maximum Gasteiger partial charge on any atom is 0.274 e. The Morgan fingerprint density at radius 1 is 1.29 bits per heavy atom. The van der Waals surface area contributed by atoms with E-state index < -0.39 is 0 Å². The molecule has 1 heterocycles. The number of nitrogens with zero attached hydrogens (tertiary/aromatic N) is 3. The van der Waals surface area contributed by atoms with Crippen LogP contribution in [0.2, 0.25) is 0 Å². The first-order valence-electron chi connectivity index (χ1n) is 8.01. The lowest BCUT2D eigenvalue weighted by atomic mass is 10.1. The third-order valence-corrected chi connectivity index (χ3v) is 3.88. The highest BCUT2D eigenvalue weighted by Gasteiger charge is 2.28. The van der Waals surface area contributed by atoms with Gasteiger partial charge in [0, 0.05) is 19.1 Å². The van der Waals surface area contributed by atoms with Crippen molar-refractivity contribution in [3.63, 3.8) is 0 Å². The first kappa shape index (κ1) is 17.5. The molecule has 0 aliphatic carbocycles. The van der Waals surface area contributed by atoms with Crippen LogP contribution in [0.1, 0.15) is 63.6 Å². The van der Waals surface area contributed by atoms with Crippen LogP contribution in [0.15, 0.2) is 0 Å². The van der Waals surface area contributed by atoms with Gasteiger partial charge in [-0.2, -0.15) is 5.10 Å². The highest BCUT2D eigenvalue weighted by molar-refractivity contribution is 5.98. The second-order valence-corrected chi connectivity index (χ2v) is 5.99. The van der Waals surface area contributed by atoms with Gasteiger partial charge in [0.25, 0.3) is 5.91 Å². The maximum atomic E-state index is 13.0. The summed E-state index contributed by atoms with van der Waals surface area (Å²) in [5.74, 6) is 0.437. The second kappa shape index (κ2) is 7.48. The standard InChI is InChI=1S/C16H30N4O/c1-7-13(8-2)19(10-11(4)5)16(21)15-14(17)12(6)18-20(15)9-3/h11,13H,7-10,17H2,1-6H3. The lowest BCUT2D eigenvalue weighted by Gasteiger charge is -2.32. The number of anilines is 1. The summed E-state index contributed by atoms with van der Waals surface area (Å²) < 4.78 is 1.72. The van der Waals surface area contributed by atoms with Crippen molar-refractivity contribution in [3.05, 3.63) is 11.4 Å². The normalized spacial score (nSPS) is 11.4. The average molecular weight is 294 g/mol. The van der Waals surface area contributed by atoms with Crippen molar-refractivity contribution in [2.45, 2.75) is 67.0 Å². The van der Waals surface area contributed by atoms with Gasteiger partial charge in [-0.05, 0) is 32.6 Å². The van der Waals surface area contributed by atoms with Crippen LogP contribution in [-0.4, -0.2) is 33.2 Å². The molecule has 0 spiro atoms. The SMILES string of the molecule is CCC(CC)N(CC(C)C)C(=O)c1c(N)c(C)nn1CC. The molecule has 5 heteroatoms. The number of carbonyl (C=O) groups is 1. The first-order chi connectivity index (χ1) is 9.87. The molecule has 5 nitrogen and oxygen atoms in total. The fraction of sp³-hybridized carbons (Fsp3) is 0.750. The molecule has 0 radical (unpaired) electrons. The lowest BCUT2D eigenvalue weighted by Crippen LogP contribution is -2.43. The highest BCUT2D eigenvalue weighted by Crippen LogP contribution is 2.22. The molecule has 0 aromatic carbocycles. The Hall–Kier alpha value is -1.52. The summed E-state index contributed by atoms with van der Waals surface area (Å²) in [5, 5.41) is 4.37. The summed E-state index contributed by atoms with van der Waals surface area (Å²) in [4.78, 5) is 15.0. The van der Waals surface area contributed by atoms with Crippen molar-refractivity contribution in [2.75, 3.05) is 12.3 Å². The number of carbonyl (C=O) groups excluding carboxylic acids is 1. The Morgan fingerprint density at radius 3 is 2.29 bits per heavy atom. The van der Waals surface area contributed by atoms with Crippen LogP contribution >= 0.6 is 0 Å². The van der Waals surface area contributed by atoms with Crippen molar-refractivity contribution in [2.24, 2.45) is 5.92 Å². The van der Waals surface area contributed by atoms with Crippen molar-refractivity contribution in [1.82, 2.24) is 14.7 Å². The molecule has 0 atom stereocenters. The van der Waals surface area contributed by atoms with Gasteiger partial charge in [-0.3, -0.25) is 9.48 Å². The van der Waals surface area contributed by atoms with Crippen LogP contribution in [0.3, 0.4) is 0 Å². The molecule has 0 saturated carbocycles. The van der Waals surface area contributed by atoms with E-state index in [4.69, 9.17) is 5.73 Å². The summed E-state index contributed by atoms with van der Waals surface area (Å²) in [6.07, 6.45) is 1.90. The highest BCUT2D eigenvalue weighted by atomic mass is 16.2. The number of nitrogens with two attached hydrogens (primary N) is 1. The molecule has 0 aliphatic heterocycles. The molecule has 120 valence electrons. The predicted octanol–water partition coefficient (Wildman–Crippen LogP) is 3.08. The van der Waals surface area contributed by atoms with Crippen molar-refractivity contribution < 1.29 is 4.79 Å².